The number of cyclic esters (lactones) is 1. The summed E-state index contributed by atoms with van der Waals surface area (Å²) in [7, 11) is 1.52. The number of carbonyl (C=O) groups is 2. The zero-order valence-electron chi connectivity index (χ0n) is 12.7. The number of ether oxygens (including phenoxy) is 1. The number of halogens is 1. The van der Waals surface area contributed by atoms with Crippen molar-refractivity contribution in [1.82, 2.24) is 9.99 Å². The van der Waals surface area contributed by atoms with E-state index >= 15 is 0 Å². The van der Waals surface area contributed by atoms with Crippen LogP contribution in [0.4, 0.5) is 10.5 Å². The van der Waals surface area contributed by atoms with E-state index in [1.807, 2.05) is 0 Å². The van der Waals surface area contributed by atoms with Crippen molar-refractivity contribution in [3.05, 3.63) is 58.9 Å². The van der Waals surface area contributed by atoms with Gasteiger partial charge in [0.15, 0.2) is 0 Å². The van der Waals surface area contributed by atoms with E-state index < -0.39 is 6.09 Å². The Kier molecular flexibility index (Phi) is 4.43. The molecule has 0 fully saturated rings. The first kappa shape index (κ1) is 15.9. The lowest BCUT2D eigenvalue weighted by Gasteiger charge is -2.19. The van der Waals surface area contributed by atoms with Crippen LogP contribution in [0.3, 0.4) is 0 Å². The number of hydrogen-bond donors (Lipinski definition) is 1. The van der Waals surface area contributed by atoms with E-state index in [-0.39, 0.29) is 12.5 Å². The normalized spacial score (nSPS) is 14.0. The van der Waals surface area contributed by atoms with Gasteiger partial charge in [0.2, 0.25) is 0 Å². The topological polar surface area (TPSA) is 83.9 Å². The molecule has 3 rings (SSSR count). The van der Waals surface area contributed by atoms with Crippen LogP contribution in [-0.4, -0.2) is 41.4 Å². The van der Waals surface area contributed by atoms with Gasteiger partial charge in [0, 0.05) is 24.5 Å². The molecule has 2 aromatic rings. The first-order valence-corrected chi connectivity index (χ1v) is 7.42. The van der Waals surface area contributed by atoms with Gasteiger partial charge in [0.1, 0.15) is 17.5 Å². The van der Waals surface area contributed by atoms with Gasteiger partial charge in [0.05, 0.1) is 5.56 Å². The van der Waals surface area contributed by atoms with Crippen molar-refractivity contribution in [2.45, 2.75) is 0 Å². The van der Waals surface area contributed by atoms with Gasteiger partial charge in [-0.3, -0.25) is 4.79 Å². The smallest absolute Gasteiger partial charge is 0.430 e. The number of aromatic nitrogens is 1. The summed E-state index contributed by atoms with van der Waals surface area (Å²) in [6.45, 7) is 0.116. The molecule has 7 nitrogen and oxygen atoms in total. The van der Waals surface area contributed by atoms with Gasteiger partial charge >= 0.3 is 6.09 Å². The quantitative estimate of drug-likeness (QED) is 0.868. The number of amides is 2. The maximum atomic E-state index is 12.1. The predicted octanol–water partition coefficient (Wildman–Crippen LogP) is 2.77. The van der Waals surface area contributed by atoms with Crippen LogP contribution in [0.25, 0.3) is 0 Å². The first-order valence-electron chi connectivity index (χ1n) is 7.04. The van der Waals surface area contributed by atoms with Gasteiger partial charge in [-0.2, -0.15) is 5.10 Å². The van der Waals surface area contributed by atoms with Crippen LogP contribution in [0.1, 0.15) is 15.9 Å². The van der Waals surface area contributed by atoms with Crippen molar-refractivity contribution in [2.24, 2.45) is 5.10 Å². The number of carbonyl (C=O) groups excluding carboxylic acids is 2. The molecule has 2 amide bonds. The highest BCUT2D eigenvalue weighted by Crippen LogP contribution is 2.15. The monoisotopic (exact) mass is 344 g/mol. The molecule has 1 N–H and O–H groups in total. The van der Waals surface area contributed by atoms with Crippen molar-refractivity contribution in [1.29, 1.82) is 0 Å². The molecule has 1 aromatic carbocycles. The second-order valence-electron chi connectivity index (χ2n) is 5.03. The Bertz CT molecular complexity index is 803. The second-order valence-corrected chi connectivity index (χ2v) is 5.41. The maximum absolute atomic E-state index is 12.1. The molecule has 1 aliphatic rings. The van der Waals surface area contributed by atoms with Crippen LogP contribution >= 0.6 is 11.6 Å². The van der Waals surface area contributed by atoms with Crippen molar-refractivity contribution in [3.8, 4) is 0 Å². The largest absolute Gasteiger partial charge is 0.442 e. The Morgan fingerprint density at radius 3 is 2.62 bits per heavy atom. The van der Waals surface area contributed by atoms with E-state index in [2.05, 4.69) is 15.4 Å². The number of hydrazone groups is 1. The molecule has 0 radical (unpaired) electrons. The molecule has 0 saturated carbocycles. The summed E-state index contributed by atoms with van der Waals surface area (Å²) in [5, 5.41) is 8.38. The highest BCUT2D eigenvalue weighted by atomic mass is 35.5. The summed E-state index contributed by atoms with van der Waals surface area (Å²) < 4.78 is 4.99. The lowest BCUT2D eigenvalue weighted by Crippen LogP contribution is -2.32. The zero-order chi connectivity index (χ0) is 17.1. The van der Waals surface area contributed by atoms with Gasteiger partial charge < -0.3 is 10.1 Å². The summed E-state index contributed by atoms with van der Waals surface area (Å²) in [5.74, 6) is -0.282. The number of nitrogens with zero attached hydrogens (tertiary/aromatic N) is 3. The van der Waals surface area contributed by atoms with E-state index in [9.17, 15) is 9.59 Å². The zero-order valence-corrected chi connectivity index (χ0v) is 13.4. The molecule has 2 heterocycles. The molecule has 122 valence electrons. The Balaban J connectivity index is 1.71. The average Bonchev–Trinajstić information content (AvgIpc) is 2.58. The van der Waals surface area contributed by atoms with Crippen LogP contribution in [0, 0.1) is 0 Å². The third kappa shape index (κ3) is 3.52. The van der Waals surface area contributed by atoms with Crippen molar-refractivity contribution >= 4 is 35.0 Å². The van der Waals surface area contributed by atoms with Crippen LogP contribution in [-0.2, 0) is 4.74 Å². The van der Waals surface area contributed by atoms with E-state index in [0.717, 1.165) is 10.6 Å². The van der Waals surface area contributed by atoms with Gasteiger partial charge in [-0.25, -0.2) is 14.8 Å². The Morgan fingerprint density at radius 2 is 2.00 bits per heavy atom. The third-order valence-corrected chi connectivity index (χ3v) is 3.56. The standard InChI is InChI=1S/C16H13ClN4O3/c1-21-16(23)24-9-13(20-21)10-2-5-12(6-3-10)19-15(22)11-4-7-14(17)18-8-11/h2-8H,9H2,1H3,(H,19,22). The van der Waals surface area contributed by atoms with Crippen LogP contribution in [0.5, 0.6) is 0 Å². The van der Waals surface area contributed by atoms with Gasteiger partial charge in [-0.05, 0) is 24.3 Å². The highest BCUT2D eigenvalue weighted by molar-refractivity contribution is 6.29. The minimum atomic E-state index is -0.487. The van der Waals surface area contributed by atoms with E-state index in [0.29, 0.717) is 22.1 Å². The van der Waals surface area contributed by atoms with Gasteiger partial charge in [-0.15, -0.1) is 0 Å². The number of anilines is 1. The molecular weight excluding hydrogens is 332 g/mol. The molecular formula is C16H13ClN4O3. The lowest BCUT2D eigenvalue weighted by molar-refractivity contribution is 0.102. The number of rotatable bonds is 3. The maximum Gasteiger partial charge on any atom is 0.430 e. The Morgan fingerprint density at radius 1 is 1.25 bits per heavy atom. The van der Waals surface area contributed by atoms with E-state index in [1.165, 1.54) is 13.2 Å². The summed E-state index contributed by atoms with van der Waals surface area (Å²) in [6.07, 6.45) is 0.923. The summed E-state index contributed by atoms with van der Waals surface area (Å²) >= 11 is 5.70. The Labute approximate surface area is 142 Å². The van der Waals surface area contributed by atoms with Gasteiger partial charge in [-0.1, -0.05) is 23.7 Å². The Hall–Kier alpha value is -2.93. The van der Waals surface area contributed by atoms with Crippen LogP contribution in [0.15, 0.2) is 47.7 Å². The van der Waals surface area contributed by atoms with Crippen LogP contribution < -0.4 is 5.32 Å². The molecule has 1 aliphatic heterocycles. The number of nitrogens with one attached hydrogen (secondary N) is 1. The summed E-state index contributed by atoms with van der Waals surface area (Å²) in [4.78, 5) is 27.2. The highest BCUT2D eigenvalue weighted by Gasteiger charge is 2.19. The summed E-state index contributed by atoms with van der Waals surface area (Å²) in [6, 6.07) is 10.2. The molecule has 1 aromatic heterocycles. The lowest BCUT2D eigenvalue weighted by atomic mass is 10.1. The molecule has 0 spiro atoms. The molecule has 0 atom stereocenters. The van der Waals surface area contributed by atoms with Crippen molar-refractivity contribution in [2.75, 3.05) is 19.0 Å². The minimum Gasteiger partial charge on any atom is -0.442 e. The van der Waals surface area contributed by atoms with Crippen LogP contribution in [0.2, 0.25) is 5.15 Å². The van der Waals surface area contributed by atoms with Crippen molar-refractivity contribution in [3.63, 3.8) is 0 Å². The fourth-order valence-electron chi connectivity index (χ4n) is 2.07. The summed E-state index contributed by atoms with van der Waals surface area (Å²) in [5.41, 5.74) is 2.48. The molecule has 0 aliphatic carbocycles. The minimum absolute atomic E-state index is 0.116. The molecule has 24 heavy (non-hydrogen) atoms. The fraction of sp³-hybridized carbons (Fsp3) is 0.125. The molecule has 8 heteroatoms. The van der Waals surface area contributed by atoms with E-state index in [1.54, 1.807) is 36.4 Å². The van der Waals surface area contributed by atoms with Crippen molar-refractivity contribution < 1.29 is 14.3 Å². The number of benzene rings is 1. The average molecular weight is 345 g/mol. The number of pyridine rings is 1. The molecule has 0 bridgehead atoms. The molecule has 0 saturated heterocycles. The fourth-order valence-corrected chi connectivity index (χ4v) is 2.19. The number of hydrogen-bond acceptors (Lipinski definition) is 5. The first-order chi connectivity index (χ1) is 11.5. The SMILES string of the molecule is CN1N=C(c2ccc(NC(=O)c3ccc(Cl)nc3)cc2)COC1=O. The second kappa shape index (κ2) is 6.67. The molecule has 0 unspecified atom stereocenters. The third-order valence-electron chi connectivity index (χ3n) is 3.33. The van der Waals surface area contributed by atoms with Gasteiger partial charge in [0.25, 0.3) is 5.91 Å². The van der Waals surface area contributed by atoms with E-state index in [4.69, 9.17) is 16.3 Å². The predicted molar refractivity (Wildman–Crippen MR) is 89.3 cm³/mol.